The van der Waals surface area contributed by atoms with Crippen LogP contribution < -0.4 is 0 Å². The van der Waals surface area contributed by atoms with E-state index in [0.717, 1.165) is 18.0 Å². The molecule has 3 heteroatoms. The number of benzene rings is 1. The number of halogens is 1. The summed E-state index contributed by atoms with van der Waals surface area (Å²) in [4.78, 5) is 14.6. The van der Waals surface area contributed by atoms with Gasteiger partial charge in [-0.25, -0.2) is 4.39 Å². The van der Waals surface area contributed by atoms with Gasteiger partial charge < -0.3 is 0 Å². The quantitative estimate of drug-likeness (QED) is 0.841. The second-order valence-corrected chi connectivity index (χ2v) is 6.21. The normalized spacial score (nSPS) is 26.4. The Morgan fingerprint density at radius 3 is 2.70 bits per heavy atom. The Morgan fingerprint density at radius 2 is 1.90 bits per heavy atom. The molecule has 1 aliphatic heterocycles. The first-order valence-corrected chi connectivity index (χ1v) is 7.72. The van der Waals surface area contributed by atoms with Gasteiger partial charge in [0.05, 0.1) is 6.54 Å². The monoisotopic (exact) mass is 275 g/mol. The Bertz CT molecular complexity index is 470. The van der Waals surface area contributed by atoms with Crippen molar-refractivity contribution in [3.05, 3.63) is 35.6 Å². The number of ketones is 1. The van der Waals surface area contributed by atoms with Crippen molar-refractivity contribution in [2.24, 2.45) is 5.92 Å². The lowest BCUT2D eigenvalue weighted by atomic mass is 9.85. The molecule has 1 aromatic rings. The SMILES string of the molecule is O=C(Cc1ccc(F)cc1)CN1CCC2CCCCC21. The molecular weight excluding hydrogens is 253 g/mol. The summed E-state index contributed by atoms with van der Waals surface area (Å²) in [6.07, 6.45) is 6.95. The van der Waals surface area contributed by atoms with Gasteiger partial charge in [-0.1, -0.05) is 25.0 Å². The fourth-order valence-electron chi connectivity index (χ4n) is 3.81. The van der Waals surface area contributed by atoms with Crippen LogP contribution in [0.25, 0.3) is 0 Å². The van der Waals surface area contributed by atoms with Crippen LogP contribution in [0.2, 0.25) is 0 Å². The minimum Gasteiger partial charge on any atom is -0.298 e. The summed E-state index contributed by atoms with van der Waals surface area (Å²) in [6.45, 7) is 1.64. The summed E-state index contributed by atoms with van der Waals surface area (Å²) in [5.41, 5.74) is 0.913. The first-order chi connectivity index (χ1) is 9.72. The molecule has 3 rings (SSSR count). The highest BCUT2D eigenvalue weighted by Crippen LogP contribution is 2.35. The summed E-state index contributed by atoms with van der Waals surface area (Å²) in [6, 6.07) is 6.91. The zero-order valence-electron chi connectivity index (χ0n) is 11.9. The highest BCUT2D eigenvalue weighted by atomic mass is 19.1. The molecule has 2 nitrogen and oxygen atoms in total. The van der Waals surface area contributed by atoms with E-state index in [1.54, 1.807) is 12.1 Å². The fraction of sp³-hybridized carbons (Fsp3) is 0.588. The van der Waals surface area contributed by atoms with Crippen LogP contribution in [-0.4, -0.2) is 29.8 Å². The molecule has 0 bridgehead atoms. The van der Waals surface area contributed by atoms with Crippen LogP contribution in [0.3, 0.4) is 0 Å². The molecule has 1 aromatic carbocycles. The van der Waals surface area contributed by atoms with Crippen molar-refractivity contribution in [3.8, 4) is 0 Å². The first kappa shape index (κ1) is 13.7. The van der Waals surface area contributed by atoms with E-state index in [0.29, 0.717) is 19.0 Å². The van der Waals surface area contributed by atoms with Crippen molar-refractivity contribution in [1.82, 2.24) is 4.90 Å². The Morgan fingerprint density at radius 1 is 1.15 bits per heavy atom. The molecule has 0 spiro atoms. The summed E-state index contributed by atoms with van der Waals surface area (Å²) in [7, 11) is 0. The number of nitrogens with zero attached hydrogens (tertiary/aromatic N) is 1. The molecule has 1 saturated carbocycles. The van der Waals surface area contributed by atoms with E-state index in [1.807, 2.05) is 0 Å². The highest BCUT2D eigenvalue weighted by Gasteiger charge is 2.36. The van der Waals surface area contributed by atoms with Crippen LogP contribution in [0.1, 0.15) is 37.7 Å². The summed E-state index contributed by atoms with van der Waals surface area (Å²) < 4.78 is 12.8. The van der Waals surface area contributed by atoms with E-state index in [1.165, 1.54) is 44.2 Å². The highest BCUT2D eigenvalue weighted by molar-refractivity contribution is 5.82. The zero-order chi connectivity index (χ0) is 13.9. The number of likely N-dealkylation sites (tertiary alicyclic amines) is 1. The Balaban J connectivity index is 1.55. The van der Waals surface area contributed by atoms with Crippen LogP contribution >= 0.6 is 0 Å². The third kappa shape index (κ3) is 3.09. The summed E-state index contributed by atoms with van der Waals surface area (Å²) in [5, 5.41) is 0. The number of carbonyl (C=O) groups excluding carboxylic acids is 1. The largest absolute Gasteiger partial charge is 0.298 e. The number of hydrogen-bond donors (Lipinski definition) is 0. The maximum atomic E-state index is 12.8. The molecule has 0 radical (unpaired) electrons. The average Bonchev–Trinajstić information content (AvgIpc) is 2.85. The summed E-state index contributed by atoms with van der Waals surface area (Å²) >= 11 is 0. The molecule has 1 saturated heterocycles. The fourth-order valence-corrected chi connectivity index (χ4v) is 3.81. The van der Waals surface area contributed by atoms with E-state index in [4.69, 9.17) is 0 Å². The molecule has 20 heavy (non-hydrogen) atoms. The van der Waals surface area contributed by atoms with Crippen molar-refractivity contribution in [2.75, 3.05) is 13.1 Å². The molecule has 108 valence electrons. The Labute approximate surface area is 120 Å². The second-order valence-electron chi connectivity index (χ2n) is 6.21. The van der Waals surface area contributed by atoms with E-state index in [9.17, 15) is 9.18 Å². The molecule has 2 fully saturated rings. The van der Waals surface area contributed by atoms with Crippen molar-refractivity contribution in [1.29, 1.82) is 0 Å². The maximum Gasteiger partial charge on any atom is 0.151 e. The van der Waals surface area contributed by atoms with Crippen LogP contribution in [0, 0.1) is 11.7 Å². The maximum absolute atomic E-state index is 12.8. The minimum atomic E-state index is -0.245. The molecule has 2 atom stereocenters. The number of fused-ring (bicyclic) bond motifs is 1. The van der Waals surface area contributed by atoms with E-state index in [-0.39, 0.29) is 11.6 Å². The molecule has 2 aliphatic rings. The third-order valence-electron chi connectivity index (χ3n) is 4.82. The lowest BCUT2D eigenvalue weighted by Gasteiger charge is -2.31. The minimum absolute atomic E-state index is 0.245. The van der Waals surface area contributed by atoms with Gasteiger partial charge in [0.1, 0.15) is 5.82 Å². The second kappa shape index (κ2) is 6.04. The van der Waals surface area contributed by atoms with Gasteiger partial charge in [-0.3, -0.25) is 9.69 Å². The standard InChI is InChI=1S/C17H22FNO/c18-15-7-5-13(6-8-15)11-16(20)12-19-10-9-14-3-1-2-4-17(14)19/h5-8,14,17H,1-4,9-12H2. The molecule has 2 unspecified atom stereocenters. The van der Waals surface area contributed by atoms with Crippen LogP contribution in [0.15, 0.2) is 24.3 Å². The van der Waals surface area contributed by atoms with Gasteiger partial charge in [0.2, 0.25) is 0 Å². The van der Waals surface area contributed by atoms with E-state index >= 15 is 0 Å². The molecule has 1 heterocycles. The van der Waals surface area contributed by atoms with Gasteiger partial charge >= 0.3 is 0 Å². The zero-order valence-corrected chi connectivity index (χ0v) is 11.9. The van der Waals surface area contributed by atoms with E-state index in [2.05, 4.69) is 4.90 Å². The lowest BCUT2D eigenvalue weighted by Crippen LogP contribution is -2.38. The van der Waals surface area contributed by atoms with Crippen molar-refractivity contribution in [3.63, 3.8) is 0 Å². The Hall–Kier alpha value is -1.22. The van der Waals surface area contributed by atoms with Gasteiger partial charge in [0.25, 0.3) is 0 Å². The van der Waals surface area contributed by atoms with Gasteiger partial charge in [-0.2, -0.15) is 0 Å². The Kier molecular flexibility index (Phi) is 4.16. The summed E-state index contributed by atoms with van der Waals surface area (Å²) in [5.74, 6) is 0.830. The smallest absolute Gasteiger partial charge is 0.151 e. The van der Waals surface area contributed by atoms with Crippen molar-refractivity contribution in [2.45, 2.75) is 44.6 Å². The molecule has 0 aromatic heterocycles. The average molecular weight is 275 g/mol. The molecular formula is C17H22FNO. The van der Waals surface area contributed by atoms with Gasteiger partial charge in [0.15, 0.2) is 5.78 Å². The van der Waals surface area contributed by atoms with Crippen LogP contribution in [-0.2, 0) is 11.2 Å². The lowest BCUT2D eigenvalue weighted by molar-refractivity contribution is -0.119. The van der Waals surface area contributed by atoms with Gasteiger partial charge in [0, 0.05) is 12.5 Å². The molecule has 0 amide bonds. The van der Waals surface area contributed by atoms with Gasteiger partial charge in [-0.05, 0) is 49.4 Å². The molecule has 0 N–H and O–H groups in total. The number of carbonyl (C=O) groups is 1. The first-order valence-electron chi connectivity index (χ1n) is 7.72. The number of Topliss-reactive ketones (excluding diaryl/α,β-unsaturated/α-hetero) is 1. The third-order valence-corrected chi connectivity index (χ3v) is 4.82. The number of hydrogen-bond acceptors (Lipinski definition) is 2. The topological polar surface area (TPSA) is 20.3 Å². The predicted molar refractivity (Wildman–Crippen MR) is 77.0 cm³/mol. The van der Waals surface area contributed by atoms with Gasteiger partial charge in [-0.15, -0.1) is 0 Å². The van der Waals surface area contributed by atoms with Crippen LogP contribution in [0.5, 0.6) is 0 Å². The predicted octanol–water partition coefficient (Wildman–Crippen LogP) is 3.20. The van der Waals surface area contributed by atoms with Crippen LogP contribution in [0.4, 0.5) is 4.39 Å². The molecule has 1 aliphatic carbocycles. The van der Waals surface area contributed by atoms with Crippen molar-refractivity contribution < 1.29 is 9.18 Å². The number of rotatable bonds is 4. The van der Waals surface area contributed by atoms with Crippen molar-refractivity contribution >= 4 is 5.78 Å². The van der Waals surface area contributed by atoms with E-state index < -0.39 is 0 Å².